The van der Waals surface area contributed by atoms with Crippen LogP contribution < -0.4 is 11.1 Å². The summed E-state index contributed by atoms with van der Waals surface area (Å²) in [6.07, 6.45) is 1.74. The van der Waals surface area contributed by atoms with Crippen molar-refractivity contribution in [1.82, 2.24) is 19.7 Å². The number of nitrogens with two attached hydrogens (primary N) is 1. The molecule has 0 radical (unpaired) electrons. The van der Waals surface area contributed by atoms with Crippen LogP contribution in [0.3, 0.4) is 0 Å². The van der Waals surface area contributed by atoms with E-state index in [1.165, 1.54) is 11.3 Å². The molecule has 27 heavy (non-hydrogen) atoms. The summed E-state index contributed by atoms with van der Waals surface area (Å²) in [4.78, 5) is 16.7. The third kappa shape index (κ3) is 5.30. The van der Waals surface area contributed by atoms with E-state index in [4.69, 9.17) is 15.2 Å². The minimum absolute atomic E-state index is 0.233. The summed E-state index contributed by atoms with van der Waals surface area (Å²) in [6, 6.07) is 5.41. The fourth-order valence-electron chi connectivity index (χ4n) is 2.47. The van der Waals surface area contributed by atoms with Crippen LogP contribution in [0, 0.1) is 6.92 Å². The lowest BCUT2D eigenvalue weighted by molar-refractivity contribution is 0.0479. The molecule has 144 valence electrons. The number of aromatic nitrogens is 4. The number of aryl methyl sites for hydroxylation is 1. The molecule has 9 nitrogen and oxygen atoms in total. The van der Waals surface area contributed by atoms with Crippen molar-refractivity contribution in [2.24, 2.45) is 5.73 Å². The monoisotopic (exact) mass is 390 g/mol. The Kier molecular flexibility index (Phi) is 6.82. The summed E-state index contributed by atoms with van der Waals surface area (Å²) in [5.74, 6) is -0.233. The first-order valence-corrected chi connectivity index (χ1v) is 9.41. The molecule has 0 spiro atoms. The van der Waals surface area contributed by atoms with Gasteiger partial charge in [0.1, 0.15) is 5.01 Å². The predicted molar refractivity (Wildman–Crippen MR) is 103 cm³/mol. The SMILES string of the molecule is Cc1nnc(NC(=O)c2ccc3c(c2)ncn3CCOCCOCCN)s1. The Labute approximate surface area is 160 Å². The van der Waals surface area contributed by atoms with Crippen molar-refractivity contribution < 1.29 is 14.3 Å². The number of nitrogens with zero attached hydrogens (tertiary/aromatic N) is 4. The van der Waals surface area contributed by atoms with E-state index in [0.717, 1.165) is 16.0 Å². The van der Waals surface area contributed by atoms with Crippen LogP contribution >= 0.6 is 11.3 Å². The summed E-state index contributed by atoms with van der Waals surface area (Å²) in [5, 5.41) is 11.8. The molecule has 0 saturated carbocycles. The first-order valence-electron chi connectivity index (χ1n) is 8.59. The van der Waals surface area contributed by atoms with Crippen LogP contribution in [0.5, 0.6) is 0 Å². The molecule has 0 fully saturated rings. The number of fused-ring (bicyclic) bond motifs is 1. The van der Waals surface area contributed by atoms with Gasteiger partial charge in [-0.15, -0.1) is 10.2 Å². The minimum atomic E-state index is -0.233. The van der Waals surface area contributed by atoms with Crippen molar-refractivity contribution in [2.75, 3.05) is 38.3 Å². The van der Waals surface area contributed by atoms with Gasteiger partial charge in [-0.05, 0) is 25.1 Å². The van der Waals surface area contributed by atoms with E-state index < -0.39 is 0 Å². The number of benzene rings is 1. The number of ether oxygens (including phenoxy) is 2. The van der Waals surface area contributed by atoms with Crippen LogP contribution in [0.2, 0.25) is 0 Å². The van der Waals surface area contributed by atoms with E-state index in [9.17, 15) is 4.79 Å². The van der Waals surface area contributed by atoms with Gasteiger partial charge in [0.2, 0.25) is 5.13 Å². The number of imidazole rings is 1. The number of carbonyl (C=O) groups is 1. The first-order chi connectivity index (χ1) is 13.2. The lowest BCUT2D eigenvalue weighted by Gasteiger charge is -2.07. The smallest absolute Gasteiger partial charge is 0.257 e. The fraction of sp³-hybridized carbons (Fsp3) is 0.412. The Morgan fingerprint density at radius 1 is 1.22 bits per heavy atom. The average Bonchev–Trinajstić information content (AvgIpc) is 3.26. The molecule has 3 aromatic rings. The lowest BCUT2D eigenvalue weighted by atomic mass is 10.2. The zero-order valence-corrected chi connectivity index (χ0v) is 15.9. The maximum Gasteiger partial charge on any atom is 0.257 e. The van der Waals surface area contributed by atoms with Crippen LogP contribution in [-0.2, 0) is 16.0 Å². The third-order valence-corrected chi connectivity index (χ3v) is 4.49. The highest BCUT2D eigenvalue weighted by molar-refractivity contribution is 7.15. The zero-order chi connectivity index (χ0) is 19.1. The molecular formula is C17H22N6O3S. The Bertz CT molecular complexity index is 894. The Morgan fingerprint density at radius 2 is 2.04 bits per heavy atom. The van der Waals surface area contributed by atoms with Gasteiger partial charge < -0.3 is 19.8 Å². The van der Waals surface area contributed by atoms with Crippen LogP contribution in [0.15, 0.2) is 24.5 Å². The topological polar surface area (TPSA) is 117 Å². The second-order valence-electron chi connectivity index (χ2n) is 5.74. The molecule has 2 aromatic heterocycles. The van der Waals surface area contributed by atoms with Crippen molar-refractivity contribution in [3.63, 3.8) is 0 Å². The van der Waals surface area contributed by atoms with Gasteiger partial charge in [0, 0.05) is 18.7 Å². The van der Waals surface area contributed by atoms with Gasteiger partial charge in [-0.25, -0.2) is 4.98 Å². The van der Waals surface area contributed by atoms with Crippen LogP contribution in [-0.4, -0.2) is 58.6 Å². The highest BCUT2D eigenvalue weighted by atomic mass is 32.1. The largest absolute Gasteiger partial charge is 0.378 e. The summed E-state index contributed by atoms with van der Waals surface area (Å²) >= 11 is 1.33. The number of carbonyl (C=O) groups excluding carboxylic acids is 1. The molecular weight excluding hydrogens is 368 g/mol. The highest BCUT2D eigenvalue weighted by Gasteiger charge is 2.11. The second kappa shape index (κ2) is 9.51. The van der Waals surface area contributed by atoms with Crippen molar-refractivity contribution in [3.8, 4) is 0 Å². The Balaban J connectivity index is 1.55. The Morgan fingerprint density at radius 3 is 2.78 bits per heavy atom. The van der Waals surface area contributed by atoms with Crippen molar-refractivity contribution in [2.45, 2.75) is 13.5 Å². The van der Waals surface area contributed by atoms with Crippen molar-refractivity contribution >= 4 is 33.4 Å². The number of nitrogens with one attached hydrogen (secondary N) is 1. The molecule has 1 aromatic carbocycles. The molecule has 0 unspecified atom stereocenters. The average molecular weight is 390 g/mol. The summed E-state index contributed by atoms with van der Waals surface area (Å²) in [7, 11) is 0. The van der Waals surface area contributed by atoms with Gasteiger partial charge in [0.05, 0.1) is 43.8 Å². The molecule has 0 aliphatic carbocycles. The van der Waals surface area contributed by atoms with E-state index in [1.807, 2.05) is 17.6 Å². The summed E-state index contributed by atoms with van der Waals surface area (Å²) < 4.78 is 12.8. The van der Waals surface area contributed by atoms with Gasteiger partial charge in [0.15, 0.2) is 0 Å². The maximum absolute atomic E-state index is 12.3. The number of hydrogen-bond donors (Lipinski definition) is 2. The second-order valence-corrected chi connectivity index (χ2v) is 6.92. The number of anilines is 1. The van der Waals surface area contributed by atoms with E-state index in [2.05, 4.69) is 20.5 Å². The van der Waals surface area contributed by atoms with Gasteiger partial charge in [0.25, 0.3) is 5.91 Å². The molecule has 3 rings (SSSR count). The van der Waals surface area contributed by atoms with E-state index in [-0.39, 0.29) is 5.91 Å². The number of hydrogen-bond acceptors (Lipinski definition) is 8. The Hall–Kier alpha value is -2.40. The number of rotatable bonds is 10. The van der Waals surface area contributed by atoms with Crippen molar-refractivity contribution in [1.29, 1.82) is 0 Å². The molecule has 1 amide bonds. The molecule has 0 aliphatic rings. The van der Waals surface area contributed by atoms with Crippen LogP contribution in [0.25, 0.3) is 11.0 Å². The van der Waals surface area contributed by atoms with Crippen molar-refractivity contribution in [3.05, 3.63) is 35.1 Å². The fourth-order valence-corrected chi connectivity index (χ4v) is 3.05. The molecule has 0 saturated heterocycles. The molecule has 0 bridgehead atoms. The highest BCUT2D eigenvalue weighted by Crippen LogP contribution is 2.18. The van der Waals surface area contributed by atoms with Gasteiger partial charge in [-0.3, -0.25) is 10.1 Å². The maximum atomic E-state index is 12.3. The summed E-state index contributed by atoms with van der Waals surface area (Å²) in [6.45, 7) is 5.18. The third-order valence-electron chi connectivity index (χ3n) is 3.74. The molecule has 0 atom stereocenters. The predicted octanol–water partition coefficient (Wildman–Crippen LogP) is 1.44. The van der Waals surface area contributed by atoms with Gasteiger partial charge in [-0.2, -0.15) is 0 Å². The molecule has 10 heteroatoms. The van der Waals surface area contributed by atoms with Crippen LogP contribution in [0.4, 0.5) is 5.13 Å². The lowest BCUT2D eigenvalue weighted by Crippen LogP contribution is -2.13. The van der Waals surface area contributed by atoms with E-state index >= 15 is 0 Å². The summed E-state index contributed by atoms with van der Waals surface area (Å²) in [5.41, 5.74) is 7.57. The first kappa shape index (κ1) is 19.4. The van der Waals surface area contributed by atoms with Gasteiger partial charge >= 0.3 is 0 Å². The molecule has 2 heterocycles. The van der Waals surface area contributed by atoms with E-state index in [1.54, 1.807) is 18.5 Å². The van der Waals surface area contributed by atoms with E-state index in [0.29, 0.717) is 50.2 Å². The van der Waals surface area contributed by atoms with Gasteiger partial charge in [-0.1, -0.05) is 11.3 Å². The normalized spacial score (nSPS) is 11.2. The minimum Gasteiger partial charge on any atom is -0.378 e. The standard InChI is InChI=1S/C17H22N6O3S/c1-12-21-22-17(27-12)20-16(24)13-2-3-15-14(10-13)19-11-23(15)5-7-26-9-8-25-6-4-18/h2-3,10-11H,4-9,18H2,1H3,(H,20,22,24). The van der Waals surface area contributed by atoms with Crippen LogP contribution in [0.1, 0.15) is 15.4 Å². The molecule has 0 aliphatic heterocycles. The number of amides is 1. The molecule has 3 N–H and O–H groups in total. The quantitative estimate of drug-likeness (QED) is 0.503. The zero-order valence-electron chi connectivity index (χ0n) is 15.1.